The molecule has 0 atom stereocenters. The fraction of sp³-hybridized carbons (Fsp3) is 0.100. The number of benzene rings is 6. The molecule has 0 amide bonds. The largest absolute Gasteiger partial charge is 0.508 e. The fourth-order valence-corrected chi connectivity index (χ4v) is 7.54. The number of pyridine rings is 1. The second kappa shape index (κ2) is 15.3. The van der Waals surface area contributed by atoms with E-state index in [9.17, 15) is 0 Å². The van der Waals surface area contributed by atoms with Gasteiger partial charge in [-0.15, -0.1) is 41.4 Å². The topological polar surface area (TPSA) is 72.2 Å². The van der Waals surface area contributed by atoms with Crippen molar-refractivity contribution in [2.45, 2.75) is 26.2 Å². The van der Waals surface area contributed by atoms with Gasteiger partial charge in [-0.3, -0.25) is 0 Å². The molecule has 8 nitrogen and oxygen atoms in total. The maximum absolute atomic E-state index is 6.94. The summed E-state index contributed by atoms with van der Waals surface area (Å²) in [7, 11) is 2.04. The van der Waals surface area contributed by atoms with Gasteiger partial charge < -0.3 is 19.1 Å². The maximum Gasteiger partial charge on any atom is 0.162 e. The van der Waals surface area contributed by atoms with Crippen LogP contribution in [0.2, 0.25) is 0 Å². The second-order valence-electron chi connectivity index (χ2n) is 15.4. The Morgan fingerprint density at radius 1 is 0.627 bits per heavy atom. The summed E-state index contributed by atoms with van der Waals surface area (Å²) in [5.41, 5.74) is 8.41. The van der Waals surface area contributed by atoms with E-state index in [4.69, 9.17) is 24.7 Å². The summed E-state index contributed by atoms with van der Waals surface area (Å²) < 4.78 is 9.09. The Kier molecular flexibility index (Phi) is 9.82. The van der Waals surface area contributed by atoms with Gasteiger partial charge in [-0.2, -0.15) is 12.7 Å². The third kappa shape index (κ3) is 7.04. The zero-order chi connectivity index (χ0) is 39.4. The Hall–Kier alpha value is -6.63. The zero-order valence-corrected chi connectivity index (χ0v) is 35.1. The molecular formula is C50H38N7OPt-3. The number of aromatic nitrogens is 5. The molecule has 1 aliphatic heterocycles. The molecule has 0 fully saturated rings. The van der Waals surface area contributed by atoms with Crippen LogP contribution in [0.25, 0.3) is 61.8 Å². The van der Waals surface area contributed by atoms with E-state index in [1.165, 1.54) is 5.56 Å². The van der Waals surface area contributed by atoms with Crippen molar-refractivity contribution in [3.63, 3.8) is 0 Å². The average Bonchev–Trinajstić information content (AvgIpc) is 3.77. The first kappa shape index (κ1) is 37.9. The van der Waals surface area contributed by atoms with Crippen LogP contribution in [0.5, 0.6) is 11.5 Å². The third-order valence-electron chi connectivity index (χ3n) is 10.5. The molecule has 4 heterocycles. The smallest absolute Gasteiger partial charge is 0.162 e. The maximum atomic E-state index is 6.94. The van der Waals surface area contributed by atoms with Crippen molar-refractivity contribution in [3.05, 3.63) is 176 Å². The first-order valence-corrected chi connectivity index (χ1v) is 19.3. The number of nitrogens with zero attached hydrogens (tertiary/aromatic N) is 7. The summed E-state index contributed by atoms with van der Waals surface area (Å²) in [5.74, 6) is 3.32. The minimum atomic E-state index is -0.0739. The van der Waals surface area contributed by atoms with Crippen molar-refractivity contribution in [1.82, 2.24) is 24.5 Å². The Bertz CT molecular complexity index is 2910. The van der Waals surface area contributed by atoms with Gasteiger partial charge in [-0.25, -0.2) is 19.9 Å². The molecule has 0 saturated heterocycles. The van der Waals surface area contributed by atoms with E-state index in [2.05, 4.69) is 90.3 Å². The van der Waals surface area contributed by atoms with E-state index in [1.807, 2.05) is 122 Å². The Morgan fingerprint density at radius 3 is 1.97 bits per heavy atom. The van der Waals surface area contributed by atoms with Gasteiger partial charge in [-0.1, -0.05) is 117 Å². The van der Waals surface area contributed by atoms with Crippen LogP contribution in [-0.2, 0) is 26.5 Å². The first-order chi connectivity index (χ1) is 28.3. The molecular weight excluding hydrogens is 910 g/mol. The molecule has 1 aliphatic rings. The minimum Gasteiger partial charge on any atom is -0.508 e. The molecule has 6 aromatic carbocycles. The summed E-state index contributed by atoms with van der Waals surface area (Å²) >= 11 is 0. The molecule has 292 valence electrons. The van der Waals surface area contributed by atoms with Crippen LogP contribution >= 0.6 is 0 Å². The van der Waals surface area contributed by atoms with E-state index in [-0.39, 0.29) is 26.5 Å². The summed E-state index contributed by atoms with van der Waals surface area (Å²) in [6, 6.07) is 56.3. The predicted molar refractivity (Wildman–Crippen MR) is 232 cm³/mol. The van der Waals surface area contributed by atoms with Gasteiger partial charge in [0.05, 0.1) is 0 Å². The summed E-state index contributed by atoms with van der Waals surface area (Å²) in [6.45, 7) is 8.76. The SMILES string of the molecule is CN1[CH-]N(c2[c-]c(Oc3[c-]c4c(cc3-c3nc(-c5ccccc5)nc(-c5ccccc5)n3)c3cc(C(C)(C)C)ccc3n4-c3ccccn3)ccc2)c2ccccc21.[Pt]. The van der Waals surface area contributed by atoms with Crippen molar-refractivity contribution in [1.29, 1.82) is 0 Å². The molecule has 59 heavy (non-hydrogen) atoms. The van der Waals surface area contributed by atoms with Gasteiger partial charge >= 0.3 is 0 Å². The molecule has 3 aromatic heterocycles. The first-order valence-electron chi connectivity index (χ1n) is 19.3. The van der Waals surface area contributed by atoms with E-state index < -0.39 is 0 Å². The Labute approximate surface area is 358 Å². The number of ether oxygens (including phenoxy) is 1. The van der Waals surface area contributed by atoms with Crippen molar-refractivity contribution in [3.8, 4) is 51.5 Å². The van der Waals surface area contributed by atoms with E-state index >= 15 is 0 Å². The second-order valence-corrected chi connectivity index (χ2v) is 15.4. The Morgan fingerprint density at radius 2 is 1.29 bits per heavy atom. The number of fused-ring (bicyclic) bond motifs is 4. The molecule has 0 unspecified atom stereocenters. The van der Waals surface area contributed by atoms with Crippen LogP contribution < -0.4 is 14.5 Å². The Balaban J connectivity index is 0.00000449. The van der Waals surface area contributed by atoms with Crippen LogP contribution in [0.15, 0.2) is 152 Å². The zero-order valence-electron chi connectivity index (χ0n) is 32.9. The van der Waals surface area contributed by atoms with Gasteiger partial charge in [-0.05, 0) is 59.3 Å². The summed E-state index contributed by atoms with van der Waals surface area (Å²) in [5, 5.41) is 2.04. The number of rotatable bonds is 7. The third-order valence-corrected chi connectivity index (χ3v) is 10.5. The summed E-state index contributed by atoms with van der Waals surface area (Å²) in [6.07, 6.45) is 1.81. The average molecular weight is 948 g/mol. The fourth-order valence-electron chi connectivity index (χ4n) is 7.54. The van der Waals surface area contributed by atoms with Crippen molar-refractivity contribution < 1.29 is 25.8 Å². The van der Waals surface area contributed by atoms with Gasteiger partial charge in [0.2, 0.25) is 0 Å². The van der Waals surface area contributed by atoms with Gasteiger partial charge in [0.25, 0.3) is 0 Å². The van der Waals surface area contributed by atoms with E-state index in [1.54, 1.807) is 0 Å². The van der Waals surface area contributed by atoms with Crippen LogP contribution in [0.3, 0.4) is 0 Å². The normalized spacial score (nSPS) is 12.5. The van der Waals surface area contributed by atoms with Gasteiger partial charge in [0.1, 0.15) is 11.6 Å². The van der Waals surface area contributed by atoms with Crippen LogP contribution in [0.4, 0.5) is 17.1 Å². The number of para-hydroxylation sites is 2. The van der Waals surface area contributed by atoms with Crippen LogP contribution in [-0.4, -0.2) is 31.6 Å². The van der Waals surface area contributed by atoms with Gasteiger partial charge in [0.15, 0.2) is 11.6 Å². The minimum absolute atomic E-state index is 0. The molecule has 0 saturated carbocycles. The molecule has 9 heteroatoms. The molecule has 0 spiro atoms. The molecule has 0 bridgehead atoms. The quantitative estimate of drug-likeness (QED) is 0.147. The number of hydrogen-bond acceptors (Lipinski definition) is 7. The number of anilines is 3. The summed E-state index contributed by atoms with van der Waals surface area (Å²) in [4.78, 5) is 24.3. The molecule has 10 rings (SSSR count). The van der Waals surface area contributed by atoms with E-state index in [0.717, 1.165) is 55.8 Å². The monoisotopic (exact) mass is 947 g/mol. The van der Waals surface area contributed by atoms with Crippen molar-refractivity contribution >= 4 is 38.9 Å². The van der Waals surface area contributed by atoms with Crippen molar-refractivity contribution in [2.24, 2.45) is 0 Å². The van der Waals surface area contributed by atoms with Gasteiger partial charge in [0, 0.05) is 66.8 Å². The molecule has 0 N–H and O–H groups in total. The molecule has 0 aliphatic carbocycles. The van der Waals surface area contributed by atoms with Crippen LogP contribution in [0.1, 0.15) is 26.3 Å². The molecule has 0 radical (unpaired) electrons. The standard InChI is InChI=1S/C50H38N7O.Pt/c1-50(2,3)35-25-26-41-38(28-35)39-30-40(49-53-47(33-16-7-5-8-17-33)52-48(54-49)34-18-9-6-10-19-34)45(31-44(39)57(41)46-24-13-14-27-51-46)58-37-21-15-20-36(29-37)56-32-55(4)42-22-11-12-23-43(42)56;/h5-28,30,32H,1-4H3;/q-3;. The number of hydrogen-bond donors (Lipinski definition) is 0. The van der Waals surface area contributed by atoms with E-state index in [0.29, 0.717) is 34.5 Å². The molecule has 9 aromatic rings. The predicted octanol–water partition coefficient (Wildman–Crippen LogP) is 11.8. The van der Waals surface area contributed by atoms with Crippen LogP contribution in [0, 0.1) is 18.8 Å². The van der Waals surface area contributed by atoms with Crippen molar-refractivity contribution in [2.75, 3.05) is 16.8 Å².